The standard InChI is InChI=1S/C79H93Cl2N11O24/c1-7-8-9-10-35-11-16-40(17-12-35)86-56(98)31-85-73(106)61-43-27-41(94)28-49(96)58(43)42-22-36(13-18-48(42)95)59-74(107)92-63(77(110)90-61)65(100)38-15-20-51(45(81)24-38)113-53-26-39-25-52(68(53)116-78-69(67(102)66(101)54(32-93)114-78)115-57-30-79(5,83)70(103)34(4)111-57)112-50-19-14-37(23-44(50)80)64(99)62(91-71(104)46(84-6)21-33(2)3)76(109)87-47(29-55(82)97)72(105)88-60(39)75(108)89-59/h11-20,22-28,33-34,46-47,54,57,59-67,69-70,78,84,93-96,99-103H,7-10,21,29-32,83H2,1-6H3,(H2,82,97)(H,85,106)(H,86,98)(H,87,109)(H,88,105)(H,89,108)(H,90,110)(H,91,104)(H,92,107). The first-order valence-electron chi connectivity index (χ1n) is 37.4. The Morgan fingerprint density at radius 1 is 0.698 bits per heavy atom. The number of anilines is 1. The third-order valence-corrected chi connectivity index (χ3v) is 21.1. The van der Waals surface area contributed by atoms with Crippen molar-refractivity contribution in [2.24, 2.45) is 17.4 Å². The van der Waals surface area contributed by atoms with Gasteiger partial charge in [0.2, 0.25) is 65.2 Å². The summed E-state index contributed by atoms with van der Waals surface area (Å²) in [5.74, 6) is -16.1. The highest BCUT2D eigenvalue weighted by atomic mass is 35.5. The zero-order valence-corrected chi connectivity index (χ0v) is 65.1. The Bertz CT molecular complexity index is 4710. The van der Waals surface area contributed by atoms with E-state index in [-0.39, 0.29) is 46.2 Å². The number of nitrogens with one attached hydrogen (secondary N) is 9. The minimum atomic E-state index is -2.37. The van der Waals surface area contributed by atoms with Gasteiger partial charge >= 0.3 is 0 Å². The fourth-order valence-corrected chi connectivity index (χ4v) is 14.8. The van der Waals surface area contributed by atoms with E-state index in [4.69, 9.17) is 63.1 Å². The molecule has 2 fully saturated rings. The second-order valence-electron chi connectivity index (χ2n) is 29.8. The fourth-order valence-electron chi connectivity index (χ4n) is 14.3. The van der Waals surface area contributed by atoms with Crippen molar-refractivity contribution in [3.63, 3.8) is 0 Å². The van der Waals surface area contributed by atoms with Crippen molar-refractivity contribution in [1.29, 1.82) is 0 Å². The molecule has 622 valence electrons. The van der Waals surface area contributed by atoms with Gasteiger partial charge in [-0.25, -0.2) is 0 Å². The van der Waals surface area contributed by atoms with E-state index in [0.717, 1.165) is 98.0 Å². The first-order valence-corrected chi connectivity index (χ1v) is 38.2. The third-order valence-electron chi connectivity index (χ3n) is 20.5. The summed E-state index contributed by atoms with van der Waals surface area (Å²) in [7, 11) is 1.47. The molecule has 116 heavy (non-hydrogen) atoms. The van der Waals surface area contributed by atoms with Gasteiger partial charge in [-0.15, -0.1) is 0 Å². The van der Waals surface area contributed by atoms with E-state index < -0.39 is 250 Å². The normalized spacial score (nSPS) is 27.1. The van der Waals surface area contributed by atoms with Crippen molar-refractivity contribution in [1.82, 2.24) is 42.5 Å². The van der Waals surface area contributed by atoms with E-state index in [1.54, 1.807) is 12.1 Å². The number of aryl methyl sites for hydroxylation is 1. The third kappa shape index (κ3) is 19.6. The number of hydrogen-bond donors (Lipinski definition) is 20. The molecular weight excluding hydrogens is 1560 g/mol. The number of amides is 9. The molecule has 2 saturated heterocycles. The summed E-state index contributed by atoms with van der Waals surface area (Å²) in [6, 6.07) is 6.64. The quantitative estimate of drug-likeness (QED) is 0.0488. The van der Waals surface area contributed by atoms with Gasteiger partial charge in [0.1, 0.15) is 95.5 Å². The fraction of sp³-hybridized carbons (Fsp3) is 0.430. The SMILES string of the molecule is CCCCCc1ccc(NC(=O)CNC(=O)C2NC(=O)C3NC(=O)C(NC(=O)C4NC(=O)C(CC(N)=O)NC(=O)C(NC(=O)C(CC(C)C)NC)C(O)c5ccc(c(Cl)c5)Oc5cc4cc(c5OC4OC(CO)C(O)C(O)C4OC4CC(C)(N)C(O)C(C)O4)Oc4ccc(cc4Cl)C3O)c3ccc(O)c(c3)-c3c(O)cc(O)cc32)cc1. The smallest absolute Gasteiger partial charge is 0.248 e. The topological polar surface area (TPSA) is 551 Å². The molecule has 22 N–H and O–H groups in total. The number of aliphatic hydroxyl groups excluding tert-OH is 6. The Hall–Kier alpha value is -10.5. The minimum absolute atomic E-state index is 0.107. The maximum Gasteiger partial charge on any atom is 0.248 e. The Kier molecular flexibility index (Phi) is 27.4. The first-order chi connectivity index (χ1) is 55.0. The first kappa shape index (κ1) is 86.4. The Labute approximate surface area is 674 Å². The highest BCUT2D eigenvalue weighted by Gasteiger charge is 2.52. The molecule has 7 aliphatic heterocycles. The number of nitrogens with two attached hydrogens (primary N) is 2. The number of ether oxygens (including phenoxy) is 6. The molecule has 7 aliphatic rings. The maximum atomic E-state index is 16.3. The number of fused-ring (bicyclic) bond motifs is 15. The number of unbranched alkanes of at least 4 members (excludes halogenated alkanes) is 2. The van der Waals surface area contributed by atoms with E-state index in [2.05, 4.69) is 54.8 Å². The Morgan fingerprint density at radius 3 is 1.94 bits per heavy atom. The molecule has 0 aliphatic carbocycles. The van der Waals surface area contributed by atoms with Crippen LogP contribution in [0.15, 0.2) is 103 Å². The van der Waals surface area contributed by atoms with Crippen molar-refractivity contribution in [2.75, 3.05) is 25.5 Å². The van der Waals surface area contributed by atoms with Crippen LogP contribution >= 0.6 is 23.2 Å². The number of aromatic hydroxyl groups is 3. The van der Waals surface area contributed by atoms with Crippen molar-refractivity contribution in [3.05, 3.63) is 147 Å². The average Bonchev–Trinajstić information content (AvgIpc) is 0.764. The molecule has 0 radical (unpaired) electrons. The number of carbonyl (C=O) groups is 9. The van der Waals surface area contributed by atoms with Crippen molar-refractivity contribution in [2.45, 2.75) is 189 Å². The molecule has 13 rings (SSSR count). The molecule has 6 aromatic rings. The van der Waals surface area contributed by atoms with Crippen LogP contribution in [0.25, 0.3) is 11.1 Å². The van der Waals surface area contributed by atoms with E-state index in [1.807, 2.05) is 26.0 Å². The second-order valence-corrected chi connectivity index (χ2v) is 30.6. The van der Waals surface area contributed by atoms with Crippen LogP contribution in [-0.4, -0.2) is 198 Å². The molecule has 0 spiro atoms. The van der Waals surface area contributed by atoms with Crippen LogP contribution in [0, 0.1) is 5.92 Å². The number of phenolic OH excluding ortho intramolecular Hbond substituents is 3. The van der Waals surface area contributed by atoms with Crippen LogP contribution < -0.4 is 73.5 Å². The average molecular weight is 1650 g/mol. The Morgan fingerprint density at radius 2 is 1.33 bits per heavy atom. The number of hydrogen-bond acceptors (Lipinski definition) is 26. The van der Waals surface area contributed by atoms with Crippen LogP contribution in [0.1, 0.15) is 137 Å². The summed E-state index contributed by atoms with van der Waals surface area (Å²) in [6.45, 7) is 6.97. The van der Waals surface area contributed by atoms with Gasteiger partial charge in [0.25, 0.3) is 0 Å². The number of primary amides is 1. The summed E-state index contributed by atoms with van der Waals surface area (Å²) in [5.41, 5.74) is 9.60. The number of carbonyl (C=O) groups excluding carboxylic acids is 9. The van der Waals surface area contributed by atoms with Crippen LogP contribution in [0.3, 0.4) is 0 Å². The zero-order valence-electron chi connectivity index (χ0n) is 63.6. The van der Waals surface area contributed by atoms with Gasteiger partial charge in [-0.3, -0.25) is 43.2 Å². The van der Waals surface area contributed by atoms with Gasteiger partial charge in [0.05, 0.1) is 47.9 Å². The number of likely N-dealkylation sites (N-methyl/N-ethyl adjacent to an activating group) is 1. The second kappa shape index (κ2) is 36.8. The minimum Gasteiger partial charge on any atom is -0.508 e. The van der Waals surface area contributed by atoms with Crippen molar-refractivity contribution in [3.8, 4) is 57.1 Å². The highest BCUT2D eigenvalue weighted by molar-refractivity contribution is 6.32. The molecule has 6 aromatic carbocycles. The van der Waals surface area contributed by atoms with E-state index >= 15 is 19.2 Å². The number of phenols is 3. The summed E-state index contributed by atoms with van der Waals surface area (Å²) < 4.78 is 38.6. The number of aliphatic hydroxyl groups is 6. The number of benzene rings is 6. The lowest BCUT2D eigenvalue weighted by Crippen LogP contribution is -2.64. The predicted octanol–water partition coefficient (Wildman–Crippen LogP) is 2.51. The molecule has 0 saturated carbocycles. The van der Waals surface area contributed by atoms with Crippen LogP contribution in [0.5, 0.6) is 46.0 Å². The van der Waals surface area contributed by atoms with Gasteiger partial charge in [0.15, 0.2) is 23.9 Å². The number of rotatable bonds is 20. The molecule has 0 aromatic heterocycles. The van der Waals surface area contributed by atoms with E-state index in [9.17, 15) is 69.9 Å². The molecule has 9 amide bonds. The molecule has 18 unspecified atom stereocenters. The maximum absolute atomic E-state index is 16.3. The van der Waals surface area contributed by atoms with Crippen molar-refractivity contribution < 1.29 is 118 Å². The van der Waals surface area contributed by atoms with Crippen LogP contribution in [0.2, 0.25) is 10.0 Å². The summed E-state index contributed by atoms with van der Waals surface area (Å²) in [4.78, 5) is 134. The summed E-state index contributed by atoms with van der Waals surface area (Å²) in [5, 5.41) is 128. The lowest BCUT2D eigenvalue weighted by Gasteiger charge is -2.47. The molecule has 7 heterocycles. The summed E-state index contributed by atoms with van der Waals surface area (Å²) in [6.07, 6.45) is -15.0. The van der Waals surface area contributed by atoms with E-state index in [0.29, 0.717) is 5.69 Å². The Balaban J connectivity index is 1.11. The molecule has 11 bridgehead atoms. The largest absolute Gasteiger partial charge is 0.508 e. The lowest BCUT2D eigenvalue weighted by atomic mass is 9.86. The van der Waals surface area contributed by atoms with E-state index in [1.165, 1.54) is 33.0 Å². The van der Waals surface area contributed by atoms with Gasteiger partial charge in [-0.2, -0.15) is 0 Å². The monoisotopic (exact) mass is 1650 g/mol. The molecule has 35 nitrogen and oxygen atoms in total. The predicted molar refractivity (Wildman–Crippen MR) is 413 cm³/mol. The highest BCUT2D eigenvalue weighted by Crippen LogP contribution is 2.50. The lowest BCUT2D eigenvalue weighted by molar-refractivity contribution is -0.333. The summed E-state index contributed by atoms with van der Waals surface area (Å²) >= 11 is 14.3. The van der Waals surface area contributed by atoms with Gasteiger partial charge < -0.3 is 134 Å². The van der Waals surface area contributed by atoms with Crippen LogP contribution in [-0.2, 0) is 63.8 Å². The molecule has 18 atom stereocenters. The van der Waals surface area contributed by atoms with Gasteiger partial charge in [-0.1, -0.05) is 87.1 Å². The molecule has 37 heteroatoms. The molecular formula is C79H93Cl2N11O24. The van der Waals surface area contributed by atoms with Gasteiger partial charge in [-0.05, 0) is 146 Å². The number of halogens is 2. The zero-order chi connectivity index (χ0) is 84.0. The van der Waals surface area contributed by atoms with Crippen molar-refractivity contribution >= 4 is 82.1 Å². The van der Waals surface area contributed by atoms with Crippen LogP contribution in [0.4, 0.5) is 5.69 Å². The van der Waals surface area contributed by atoms with Gasteiger partial charge in [0, 0.05) is 34.8 Å².